The summed E-state index contributed by atoms with van der Waals surface area (Å²) >= 11 is 0. The zero-order valence-corrected chi connectivity index (χ0v) is 12.3. The lowest BCUT2D eigenvalue weighted by atomic mass is 10.1. The van der Waals surface area contributed by atoms with Gasteiger partial charge < -0.3 is 20.5 Å². The highest BCUT2D eigenvalue weighted by Gasteiger charge is 2.15. The number of ether oxygens (including phenoxy) is 2. The predicted octanol–water partition coefficient (Wildman–Crippen LogP) is 2.55. The molecule has 1 aliphatic heterocycles. The number of rotatable bonds is 5. The van der Waals surface area contributed by atoms with Gasteiger partial charge in [-0.1, -0.05) is 13.3 Å². The van der Waals surface area contributed by atoms with Crippen LogP contribution in [0.25, 0.3) is 10.8 Å². The number of aromatic nitrogens is 1. The van der Waals surface area contributed by atoms with E-state index < -0.39 is 0 Å². The molecule has 0 fully saturated rings. The van der Waals surface area contributed by atoms with Crippen LogP contribution in [0.1, 0.15) is 19.8 Å². The lowest BCUT2D eigenvalue weighted by molar-refractivity contribution is 0.172. The van der Waals surface area contributed by atoms with Gasteiger partial charge in [-0.3, -0.25) is 0 Å². The number of benzene rings is 1. The molecular formula is C16H21N3O2. The van der Waals surface area contributed by atoms with Crippen molar-refractivity contribution < 1.29 is 9.47 Å². The van der Waals surface area contributed by atoms with Crippen molar-refractivity contribution in [2.24, 2.45) is 5.73 Å². The summed E-state index contributed by atoms with van der Waals surface area (Å²) in [5.74, 6) is 2.44. The fraction of sp³-hybridized carbons (Fsp3) is 0.438. The van der Waals surface area contributed by atoms with Gasteiger partial charge >= 0.3 is 0 Å². The third-order valence-electron chi connectivity index (χ3n) is 3.69. The smallest absolute Gasteiger partial charge is 0.162 e. The first-order valence-electron chi connectivity index (χ1n) is 7.46. The molecule has 112 valence electrons. The van der Waals surface area contributed by atoms with Crippen LogP contribution < -0.4 is 20.5 Å². The van der Waals surface area contributed by atoms with Gasteiger partial charge in [0, 0.05) is 24.2 Å². The van der Waals surface area contributed by atoms with Gasteiger partial charge in [-0.05, 0) is 30.0 Å². The Bertz CT molecular complexity index is 630. The first-order chi connectivity index (χ1) is 10.3. The molecule has 1 unspecified atom stereocenters. The number of pyridine rings is 1. The zero-order valence-electron chi connectivity index (χ0n) is 12.3. The van der Waals surface area contributed by atoms with Crippen molar-refractivity contribution in [3.8, 4) is 11.5 Å². The van der Waals surface area contributed by atoms with Gasteiger partial charge in [0.05, 0.1) is 0 Å². The normalized spacial score (nSPS) is 15.0. The number of anilines is 1. The molecule has 0 saturated heterocycles. The molecule has 3 rings (SSSR count). The third-order valence-corrected chi connectivity index (χ3v) is 3.69. The van der Waals surface area contributed by atoms with Crippen LogP contribution in [0.15, 0.2) is 24.4 Å². The van der Waals surface area contributed by atoms with Crippen molar-refractivity contribution in [3.63, 3.8) is 0 Å². The Morgan fingerprint density at radius 2 is 2.05 bits per heavy atom. The minimum Gasteiger partial charge on any atom is -0.486 e. The van der Waals surface area contributed by atoms with Crippen LogP contribution in [0.4, 0.5) is 5.82 Å². The van der Waals surface area contributed by atoms with E-state index in [-0.39, 0.29) is 6.04 Å². The minimum absolute atomic E-state index is 0.237. The number of nitrogens with two attached hydrogens (primary N) is 1. The van der Waals surface area contributed by atoms with Crippen LogP contribution in [-0.2, 0) is 0 Å². The van der Waals surface area contributed by atoms with E-state index in [1.165, 1.54) is 0 Å². The second-order valence-electron chi connectivity index (χ2n) is 5.24. The van der Waals surface area contributed by atoms with Crippen molar-refractivity contribution in [2.75, 3.05) is 25.1 Å². The van der Waals surface area contributed by atoms with Gasteiger partial charge in [-0.2, -0.15) is 0 Å². The number of hydrogen-bond acceptors (Lipinski definition) is 5. The SMILES string of the molecule is CCCC(CN)Nc1nccc2cc3c(cc12)OCCO3. The summed E-state index contributed by atoms with van der Waals surface area (Å²) in [7, 11) is 0. The number of nitrogens with zero attached hydrogens (tertiary/aromatic N) is 1. The van der Waals surface area contributed by atoms with Crippen molar-refractivity contribution >= 4 is 16.6 Å². The Kier molecular flexibility index (Phi) is 4.10. The molecule has 0 amide bonds. The van der Waals surface area contributed by atoms with Gasteiger partial charge in [0.15, 0.2) is 11.5 Å². The van der Waals surface area contributed by atoms with Gasteiger partial charge in [0.1, 0.15) is 19.0 Å². The summed E-state index contributed by atoms with van der Waals surface area (Å²) < 4.78 is 11.3. The zero-order chi connectivity index (χ0) is 14.7. The van der Waals surface area contributed by atoms with Crippen molar-refractivity contribution in [2.45, 2.75) is 25.8 Å². The number of nitrogens with one attached hydrogen (secondary N) is 1. The van der Waals surface area contributed by atoms with Crippen molar-refractivity contribution in [3.05, 3.63) is 24.4 Å². The highest BCUT2D eigenvalue weighted by molar-refractivity contribution is 5.94. The van der Waals surface area contributed by atoms with E-state index in [9.17, 15) is 0 Å². The molecule has 5 heteroatoms. The first kappa shape index (κ1) is 13.9. The van der Waals surface area contributed by atoms with Gasteiger partial charge in [0.2, 0.25) is 0 Å². The molecule has 1 atom stereocenters. The summed E-state index contributed by atoms with van der Waals surface area (Å²) in [5.41, 5.74) is 5.83. The Morgan fingerprint density at radius 3 is 2.76 bits per heavy atom. The van der Waals surface area contributed by atoms with E-state index in [1.54, 1.807) is 6.20 Å². The molecule has 0 spiro atoms. The molecule has 3 N–H and O–H groups in total. The highest BCUT2D eigenvalue weighted by atomic mass is 16.6. The lowest BCUT2D eigenvalue weighted by Gasteiger charge is -2.21. The molecule has 1 aromatic carbocycles. The van der Waals surface area contributed by atoms with Crippen LogP contribution in [0, 0.1) is 0 Å². The minimum atomic E-state index is 0.237. The predicted molar refractivity (Wildman–Crippen MR) is 84.1 cm³/mol. The maximum Gasteiger partial charge on any atom is 0.162 e. The molecule has 5 nitrogen and oxygen atoms in total. The Morgan fingerprint density at radius 1 is 1.29 bits per heavy atom. The third kappa shape index (κ3) is 2.88. The van der Waals surface area contributed by atoms with E-state index in [0.717, 1.165) is 40.9 Å². The monoisotopic (exact) mass is 287 g/mol. The molecular weight excluding hydrogens is 266 g/mol. The van der Waals surface area contributed by atoms with Crippen molar-refractivity contribution in [1.29, 1.82) is 0 Å². The average molecular weight is 287 g/mol. The number of fused-ring (bicyclic) bond motifs is 2. The summed E-state index contributed by atoms with van der Waals surface area (Å²) in [6.45, 7) is 3.93. The first-order valence-corrected chi connectivity index (χ1v) is 7.46. The molecule has 2 aromatic rings. The fourth-order valence-corrected chi connectivity index (χ4v) is 2.61. The molecule has 0 bridgehead atoms. The van der Waals surface area contributed by atoms with E-state index in [1.807, 2.05) is 18.2 Å². The van der Waals surface area contributed by atoms with E-state index in [0.29, 0.717) is 19.8 Å². The van der Waals surface area contributed by atoms with Gasteiger partial charge in [-0.15, -0.1) is 0 Å². The largest absolute Gasteiger partial charge is 0.486 e. The second-order valence-corrected chi connectivity index (χ2v) is 5.24. The summed E-state index contributed by atoms with van der Waals surface area (Å²) in [6, 6.07) is 6.23. The summed E-state index contributed by atoms with van der Waals surface area (Å²) in [5, 5.41) is 5.57. The lowest BCUT2D eigenvalue weighted by Crippen LogP contribution is -2.29. The van der Waals surface area contributed by atoms with Crippen LogP contribution in [0.5, 0.6) is 11.5 Å². The standard InChI is InChI=1S/C16H21N3O2/c1-2-3-12(10-17)19-16-13-9-15-14(20-6-7-21-15)8-11(13)4-5-18-16/h4-5,8-9,12H,2-3,6-7,10,17H2,1H3,(H,18,19). The average Bonchev–Trinajstić information content (AvgIpc) is 2.53. The summed E-state index contributed by atoms with van der Waals surface area (Å²) in [6.07, 6.45) is 3.92. The topological polar surface area (TPSA) is 69.4 Å². The number of hydrogen-bond donors (Lipinski definition) is 2. The van der Waals surface area contributed by atoms with E-state index >= 15 is 0 Å². The Labute approximate surface area is 124 Å². The molecule has 1 aliphatic rings. The van der Waals surface area contributed by atoms with Crippen molar-refractivity contribution in [1.82, 2.24) is 4.98 Å². The molecule has 0 aliphatic carbocycles. The highest BCUT2D eigenvalue weighted by Crippen LogP contribution is 2.36. The van der Waals surface area contributed by atoms with Gasteiger partial charge in [0.25, 0.3) is 0 Å². The fourth-order valence-electron chi connectivity index (χ4n) is 2.61. The second kappa shape index (κ2) is 6.18. The van der Waals surface area contributed by atoms with Crippen LogP contribution >= 0.6 is 0 Å². The molecule has 0 radical (unpaired) electrons. The maximum atomic E-state index is 5.83. The van der Waals surface area contributed by atoms with Crippen LogP contribution in [0.2, 0.25) is 0 Å². The Balaban J connectivity index is 1.98. The van der Waals surface area contributed by atoms with Gasteiger partial charge in [-0.25, -0.2) is 4.98 Å². The maximum absolute atomic E-state index is 5.83. The summed E-state index contributed by atoms with van der Waals surface area (Å²) in [4.78, 5) is 4.46. The van der Waals surface area contributed by atoms with Crippen LogP contribution in [0.3, 0.4) is 0 Å². The van der Waals surface area contributed by atoms with E-state index in [2.05, 4.69) is 17.2 Å². The molecule has 1 aromatic heterocycles. The van der Waals surface area contributed by atoms with E-state index in [4.69, 9.17) is 15.2 Å². The van der Waals surface area contributed by atoms with Crippen LogP contribution in [-0.4, -0.2) is 30.8 Å². The molecule has 2 heterocycles. The quantitative estimate of drug-likeness (QED) is 0.884. The molecule has 21 heavy (non-hydrogen) atoms. The Hall–Kier alpha value is -2.01. The molecule has 0 saturated carbocycles.